The third kappa shape index (κ3) is 8.56. The Labute approximate surface area is 248 Å². The van der Waals surface area contributed by atoms with Gasteiger partial charge in [-0.1, -0.05) is 48.5 Å². The van der Waals surface area contributed by atoms with Crippen molar-refractivity contribution in [2.24, 2.45) is 0 Å². The van der Waals surface area contributed by atoms with Gasteiger partial charge < -0.3 is 19.7 Å². The molecule has 2 N–H and O–H groups in total. The molecule has 0 aliphatic heterocycles. The molecule has 0 bridgehead atoms. The highest BCUT2D eigenvalue weighted by Crippen LogP contribution is 2.27. The van der Waals surface area contributed by atoms with Crippen LogP contribution in [0.1, 0.15) is 42.9 Å². The molecular formula is C32H39N3O6S. The highest BCUT2D eigenvalue weighted by atomic mass is 32.2. The Hall–Kier alpha value is -3.89. The lowest BCUT2D eigenvalue weighted by Crippen LogP contribution is -2.48. The van der Waals surface area contributed by atoms with E-state index in [9.17, 15) is 18.0 Å². The number of nitrogens with zero attached hydrogens (tertiary/aromatic N) is 1. The van der Waals surface area contributed by atoms with Gasteiger partial charge in [-0.05, 0) is 73.6 Å². The Morgan fingerprint density at radius 3 is 2.19 bits per heavy atom. The first-order chi connectivity index (χ1) is 20.2. The summed E-state index contributed by atoms with van der Waals surface area (Å²) >= 11 is 0. The molecule has 4 rings (SSSR count). The van der Waals surface area contributed by atoms with Gasteiger partial charge in [-0.3, -0.25) is 9.59 Å². The maximum atomic E-state index is 13.5. The Balaban J connectivity index is 1.37. The number of carbonyl (C=O) groups excluding carboxylic acids is 2. The second-order valence-electron chi connectivity index (χ2n) is 10.5. The van der Waals surface area contributed by atoms with Crippen molar-refractivity contribution in [1.82, 2.24) is 14.9 Å². The predicted octanol–water partition coefficient (Wildman–Crippen LogP) is 3.85. The number of benzene rings is 3. The summed E-state index contributed by atoms with van der Waals surface area (Å²) < 4.78 is 38.2. The molecule has 2 amide bonds. The van der Waals surface area contributed by atoms with Crippen molar-refractivity contribution in [1.29, 1.82) is 0 Å². The topological polar surface area (TPSA) is 114 Å². The smallest absolute Gasteiger partial charge is 0.242 e. The highest BCUT2D eigenvalue weighted by molar-refractivity contribution is 7.89. The number of amides is 2. The fraction of sp³-hybridized carbons (Fsp3) is 0.375. The van der Waals surface area contributed by atoms with Gasteiger partial charge in [0.05, 0.1) is 19.1 Å². The van der Waals surface area contributed by atoms with Crippen LogP contribution in [0.3, 0.4) is 0 Å². The molecule has 0 saturated heterocycles. The molecule has 1 atom stereocenters. The first-order valence-electron chi connectivity index (χ1n) is 14.1. The average Bonchev–Trinajstić information content (AvgIpc) is 3.82. The first-order valence-corrected chi connectivity index (χ1v) is 15.6. The summed E-state index contributed by atoms with van der Waals surface area (Å²) in [6.07, 6.45) is 2.94. The highest BCUT2D eigenvalue weighted by Gasteiger charge is 2.28. The van der Waals surface area contributed by atoms with Gasteiger partial charge in [-0.15, -0.1) is 0 Å². The minimum Gasteiger partial charge on any atom is -0.493 e. The lowest BCUT2D eigenvalue weighted by atomic mass is 10.1. The maximum absolute atomic E-state index is 13.5. The SMILES string of the molecule is COc1ccc(CCNC(=O)[C@H](C)N(Cc2ccccc2)C(=O)CCc2ccc(S(=O)(=O)NC3CC3)cc2)cc1OC. The van der Waals surface area contributed by atoms with Crippen molar-refractivity contribution >= 4 is 21.8 Å². The zero-order chi connectivity index (χ0) is 30.1. The van der Waals surface area contributed by atoms with E-state index < -0.39 is 16.1 Å². The molecule has 1 saturated carbocycles. The third-order valence-electron chi connectivity index (χ3n) is 7.28. The van der Waals surface area contributed by atoms with Gasteiger partial charge >= 0.3 is 0 Å². The largest absolute Gasteiger partial charge is 0.493 e. The lowest BCUT2D eigenvalue weighted by Gasteiger charge is -2.29. The van der Waals surface area contributed by atoms with E-state index in [4.69, 9.17) is 9.47 Å². The van der Waals surface area contributed by atoms with Crippen LogP contribution in [0.15, 0.2) is 77.7 Å². The van der Waals surface area contributed by atoms with Crippen LogP contribution < -0.4 is 19.5 Å². The fourth-order valence-corrected chi connectivity index (χ4v) is 5.90. The molecular weight excluding hydrogens is 554 g/mol. The molecule has 10 heteroatoms. The summed E-state index contributed by atoms with van der Waals surface area (Å²) in [7, 11) is -0.366. The molecule has 3 aromatic rings. The summed E-state index contributed by atoms with van der Waals surface area (Å²) in [4.78, 5) is 28.4. The summed E-state index contributed by atoms with van der Waals surface area (Å²) in [6.45, 7) is 2.43. The summed E-state index contributed by atoms with van der Waals surface area (Å²) in [6, 6.07) is 21.2. The van der Waals surface area contributed by atoms with Gasteiger partial charge in [-0.25, -0.2) is 13.1 Å². The number of aryl methyl sites for hydroxylation is 1. The molecule has 0 aromatic heterocycles. The number of sulfonamides is 1. The van der Waals surface area contributed by atoms with E-state index in [1.54, 1.807) is 50.3 Å². The molecule has 1 fully saturated rings. The van der Waals surface area contributed by atoms with Gasteiger partial charge in [0.1, 0.15) is 6.04 Å². The third-order valence-corrected chi connectivity index (χ3v) is 8.82. The first kappa shape index (κ1) is 31.1. The monoisotopic (exact) mass is 593 g/mol. The van der Waals surface area contributed by atoms with Crippen molar-refractivity contribution < 1.29 is 27.5 Å². The van der Waals surface area contributed by atoms with Crippen LogP contribution in [0.25, 0.3) is 0 Å². The summed E-state index contributed by atoms with van der Waals surface area (Å²) in [5.74, 6) is 0.868. The second-order valence-corrected chi connectivity index (χ2v) is 12.2. The van der Waals surface area contributed by atoms with Crippen LogP contribution in [-0.2, 0) is 39.0 Å². The van der Waals surface area contributed by atoms with Crippen molar-refractivity contribution in [3.8, 4) is 11.5 Å². The Kier molecular flexibility index (Phi) is 10.6. The Bertz CT molecular complexity index is 1460. The molecule has 0 heterocycles. The standard InChI is InChI=1S/C32H39N3O6S/c1-23(32(37)33-20-19-25-11-17-29(40-2)30(21-25)41-3)35(22-26-7-5-4-6-8-26)31(36)18-12-24-9-15-28(16-10-24)42(38,39)34-27-13-14-27/h4-11,15-17,21,23,27,34H,12-14,18-20,22H2,1-3H3,(H,33,37)/t23-/m0/s1. The van der Waals surface area contributed by atoms with E-state index in [1.807, 2.05) is 48.5 Å². The van der Waals surface area contributed by atoms with Crippen molar-refractivity contribution in [2.75, 3.05) is 20.8 Å². The number of ether oxygens (including phenoxy) is 2. The molecule has 0 spiro atoms. The van der Waals surface area contributed by atoms with Crippen molar-refractivity contribution in [2.45, 2.75) is 62.6 Å². The molecule has 3 aromatic carbocycles. The van der Waals surface area contributed by atoms with E-state index in [-0.39, 0.29) is 29.2 Å². The van der Waals surface area contributed by atoms with E-state index in [0.717, 1.165) is 29.5 Å². The summed E-state index contributed by atoms with van der Waals surface area (Å²) in [5, 5.41) is 2.96. The zero-order valence-corrected chi connectivity index (χ0v) is 25.2. The Morgan fingerprint density at radius 1 is 0.881 bits per heavy atom. The molecule has 224 valence electrons. The Morgan fingerprint density at radius 2 is 1.55 bits per heavy atom. The normalized spacial score (nSPS) is 13.7. The minimum atomic E-state index is -3.53. The van der Waals surface area contributed by atoms with E-state index in [0.29, 0.717) is 37.4 Å². The quantitative estimate of drug-likeness (QED) is 0.277. The van der Waals surface area contributed by atoms with Crippen LogP contribution in [0.2, 0.25) is 0 Å². The van der Waals surface area contributed by atoms with E-state index >= 15 is 0 Å². The van der Waals surface area contributed by atoms with Gasteiger partial charge in [0.25, 0.3) is 0 Å². The lowest BCUT2D eigenvalue weighted by molar-refractivity contribution is -0.140. The van der Waals surface area contributed by atoms with Gasteiger partial charge in [0, 0.05) is 25.6 Å². The molecule has 42 heavy (non-hydrogen) atoms. The van der Waals surface area contributed by atoms with Crippen molar-refractivity contribution in [3.63, 3.8) is 0 Å². The maximum Gasteiger partial charge on any atom is 0.242 e. The second kappa shape index (κ2) is 14.3. The van der Waals surface area contributed by atoms with Gasteiger partial charge in [0.15, 0.2) is 11.5 Å². The van der Waals surface area contributed by atoms with Crippen LogP contribution in [-0.4, -0.2) is 58.0 Å². The van der Waals surface area contributed by atoms with Gasteiger partial charge in [0.2, 0.25) is 21.8 Å². The van der Waals surface area contributed by atoms with Gasteiger partial charge in [-0.2, -0.15) is 0 Å². The number of methoxy groups -OCH3 is 2. The van der Waals surface area contributed by atoms with Crippen LogP contribution in [0, 0.1) is 0 Å². The molecule has 1 aliphatic carbocycles. The number of hydrogen-bond acceptors (Lipinski definition) is 6. The number of hydrogen-bond donors (Lipinski definition) is 2. The molecule has 0 radical (unpaired) electrons. The molecule has 9 nitrogen and oxygen atoms in total. The number of nitrogens with one attached hydrogen (secondary N) is 2. The van der Waals surface area contributed by atoms with Crippen molar-refractivity contribution in [3.05, 3.63) is 89.5 Å². The predicted molar refractivity (Wildman–Crippen MR) is 161 cm³/mol. The van der Waals surface area contributed by atoms with E-state index in [1.165, 1.54) is 0 Å². The molecule has 0 unspecified atom stereocenters. The zero-order valence-electron chi connectivity index (χ0n) is 24.3. The van der Waals surface area contributed by atoms with Crippen LogP contribution >= 0.6 is 0 Å². The average molecular weight is 594 g/mol. The minimum absolute atomic E-state index is 0.0352. The number of rotatable bonds is 15. The number of carbonyl (C=O) groups is 2. The molecule has 1 aliphatic rings. The van der Waals surface area contributed by atoms with Crippen LogP contribution in [0.5, 0.6) is 11.5 Å². The van der Waals surface area contributed by atoms with Crippen LogP contribution in [0.4, 0.5) is 0 Å². The van der Waals surface area contributed by atoms with E-state index in [2.05, 4.69) is 10.0 Å². The fourth-order valence-electron chi connectivity index (χ4n) is 4.60. The summed E-state index contributed by atoms with van der Waals surface area (Å²) in [5.41, 5.74) is 2.76.